The molecule has 2 aliphatic rings. The smallest absolute Gasteiger partial charge is 0.255 e. The summed E-state index contributed by atoms with van der Waals surface area (Å²) >= 11 is 6.03. The SMILES string of the molecule is O=C(Nc1ccc(N2CCCC2)c(S(=O)(=O)NC2CCCc3ccccc32)c1)c1cccc(Cl)c1. The van der Waals surface area contributed by atoms with Gasteiger partial charge in [-0.1, -0.05) is 41.9 Å². The summed E-state index contributed by atoms with van der Waals surface area (Å²) in [5.41, 5.74) is 3.72. The number of carbonyl (C=O) groups excluding carboxylic acids is 1. The molecule has 1 unspecified atom stereocenters. The number of hydrogen-bond acceptors (Lipinski definition) is 4. The van der Waals surface area contributed by atoms with Crippen molar-refractivity contribution in [2.75, 3.05) is 23.3 Å². The Morgan fingerprint density at radius 3 is 2.54 bits per heavy atom. The molecule has 0 saturated carbocycles. The molecule has 1 aliphatic carbocycles. The van der Waals surface area contributed by atoms with Crippen LogP contribution in [0.5, 0.6) is 0 Å². The summed E-state index contributed by atoms with van der Waals surface area (Å²) in [6.45, 7) is 1.62. The van der Waals surface area contributed by atoms with Crippen LogP contribution in [0.2, 0.25) is 5.02 Å². The van der Waals surface area contributed by atoms with Crippen molar-refractivity contribution in [1.82, 2.24) is 4.72 Å². The summed E-state index contributed by atoms with van der Waals surface area (Å²) < 4.78 is 30.5. The molecule has 1 fully saturated rings. The minimum absolute atomic E-state index is 0.186. The molecular formula is C27H28ClN3O3S. The summed E-state index contributed by atoms with van der Waals surface area (Å²) in [5, 5.41) is 3.29. The number of fused-ring (bicyclic) bond motifs is 1. The van der Waals surface area contributed by atoms with Crippen LogP contribution in [0.4, 0.5) is 11.4 Å². The number of halogens is 1. The Kier molecular flexibility index (Phi) is 6.82. The molecule has 0 bridgehead atoms. The van der Waals surface area contributed by atoms with Crippen LogP contribution in [0.15, 0.2) is 71.6 Å². The Morgan fingerprint density at radius 1 is 0.943 bits per heavy atom. The van der Waals surface area contributed by atoms with Gasteiger partial charge in [0.05, 0.1) is 5.69 Å². The molecule has 8 heteroatoms. The maximum Gasteiger partial charge on any atom is 0.255 e. The minimum Gasteiger partial charge on any atom is -0.370 e. The highest BCUT2D eigenvalue weighted by Gasteiger charge is 2.29. The average Bonchev–Trinajstić information content (AvgIpc) is 3.39. The standard InChI is InChI=1S/C27H28ClN3O3S/c28-21-10-5-9-20(17-21)27(32)29-22-13-14-25(31-15-3-4-16-31)26(18-22)35(33,34)30-24-12-6-8-19-7-1-2-11-23(19)24/h1-2,5,7,9-11,13-14,17-18,24,30H,3-4,6,8,12,15-16H2,(H,29,32). The molecule has 0 aromatic heterocycles. The minimum atomic E-state index is -3.86. The lowest BCUT2D eigenvalue weighted by Crippen LogP contribution is -2.32. The molecule has 0 radical (unpaired) electrons. The fourth-order valence-electron chi connectivity index (χ4n) is 4.99. The normalized spacial score (nSPS) is 17.7. The number of hydrogen-bond donors (Lipinski definition) is 2. The number of sulfonamides is 1. The Hall–Kier alpha value is -2.87. The van der Waals surface area contributed by atoms with Crippen molar-refractivity contribution in [2.24, 2.45) is 0 Å². The first-order valence-corrected chi connectivity index (χ1v) is 13.8. The molecule has 5 rings (SSSR count). The summed E-state index contributed by atoms with van der Waals surface area (Å²) in [5.74, 6) is -0.348. The Labute approximate surface area is 211 Å². The third-order valence-electron chi connectivity index (χ3n) is 6.71. The molecule has 1 atom stereocenters. The maximum atomic E-state index is 13.8. The molecule has 6 nitrogen and oxygen atoms in total. The second-order valence-electron chi connectivity index (χ2n) is 9.11. The van der Waals surface area contributed by atoms with Gasteiger partial charge in [-0.15, -0.1) is 0 Å². The van der Waals surface area contributed by atoms with Crippen molar-refractivity contribution in [2.45, 2.75) is 43.0 Å². The molecule has 35 heavy (non-hydrogen) atoms. The van der Waals surface area contributed by atoms with Crippen LogP contribution in [0.1, 0.15) is 53.2 Å². The lowest BCUT2D eigenvalue weighted by atomic mass is 9.88. The van der Waals surface area contributed by atoms with Gasteiger partial charge in [-0.05, 0) is 79.6 Å². The van der Waals surface area contributed by atoms with Gasteiger partial charge in [-0.25, -0.2) is 13.1 Å². The van der Waals surface area contributed by atoms with Crippen LogP contribution >= 0.6 is 11.6 Å². The lowest BCUT2D eigenvalue weighted by molar-refractivity contribution is 0.102. The largest absolute Gasteiger partial charge is 0.370 e. The van der Waals surface area contributed by atoms with E-state index in [2.05, 4.69) is 21.0 Å². The molecule has 0 spiro atoms. The molecule has 182 valence electrons. The van der Waals surface area contributed by atoms with Crippen LogP contribution in [-0.4, -0.2) is 27.4 Å². The fourth-order valence-corrected chi connectivity index (χ4v) is 6.68. The summed E-state index contributed by atoms with van der Waals surface area (Å²) in [7, 11) is -3.86. The number of nitrogens with zero attached hydrogens (tertiary/aromatic N) is 1. The van der Waals surface area contributed by atoms with Gasteiger partial charge in [0.15, 0.2) is 0 Å². The van der Waals surface area contributed by atoms with Gasteiger partial charge in [0.1, 0.15) is 4.90 Å². The zero-order valence-electron chi connectivity index (χ0n) is 19.3. The first-order valence-electron chi connectivity index (χ1n) is 12.0. The van der Waals surface area contributed by atoms with Crippen molar-refractivity contribution in [3.63, 3.8) is 0 Å². The predicted octanol–water partition coefficient (Wildman–Crippen LogP) is 5.55. The second-order valence-corrected chi connectivity index (χ2v) is 11.2. The molecule has 1 amide bonds. The maximum absolute atomic E-state index is 13.8. The van der Waals surface area contributed by atoms with Crippen LogP contribution in [0.25, 0.3) is 0 Å². The first kappa shape index (κ1) is 23.9. The molecule has 1 saturated heterocycles. The Bertz CT molecular complexity index is 1350. The predicted molar refractivity (Wildman–Crippen MR) is 140 cm³/mol. The topological polar surface area (TPSA) is 78.5 Å². The molecule has 3 aromatic carbocycles. The van der Waals surface area contributed by atoms with E-state index in [-0.39, 0.29) is 16.8 Å². The summed E-state index contributed by atoms with van der Waals surface area (Å²) in [6, 6.07) is 19.5. The average molecular weight is 510 g/mol. The molecule has 3 aromatic rings. The van der Waals surface area contributed by atoms with Crippen molar-refractivity contribution < 1.29 is 13.2 Å². The van der Waals surface area contributed by atoms with Gasteiger partial charge in [-0.2, -0.15) is 0 Å². The van der Waals surface area contributed by atoms with Crippen molar-refractivity contribution in [3.05, 3.63) is 88.4 Å². The first-order chi connectivity index (χ1) is 16.9. The summed E-state index contributed by atoms with van der Waals surface area (Å²) in [6.07, 6.45) is 4.68. The van der Waals surface area contributed by atoms with E-state index in [1.54, 1.807) is 42.5 Å². The number of carbonyl (C=O) groups is 1. The zero-order chi connectivity index (χ0) is 24.4. The second kappa shape index (κ2) is 10.0. The van der Waals surface area contributed by atoms with Crippen molar-refractivity contribution in [3.8, 4) is 0 Å². The lowest BCUT2D eigenvalue weighted by Gasteiger charge is -2.28. The number of nitrogens with one attached hydrogen (secondary N) is 2. The van der Waals surface area contributed by atoms with Gasteiger partial charge in [-0.3, -0.25) is 4.79 Å². The van der Waals surface area contributed by atoms with E-state index in [4.69, 9.17) is 11.6 Å². The number of rotatable bonds is 6. The Morgan fingerprint density at radius 2 is 1.74 bits per heavy atom. The van der Waals surface area contributed by atoms with Crippen LogP contribution in [0, 0.1) is 0 Å². The molecule has 1 aliphatic heterocycles. The van der Waals surface area contributed by atoms with Crippen molar-refractivity contribution >= 4 is 38.9 Å². The highest BCUT2D eigenvalue weighted by atomic mass is 35.5. The number of anilines is 2. The van der Waals surface area contributed by atoms with E-state index in [0.29, 0.717) is 22.0 Å². The molecule has 1 heterocycles. The van der Waals surface area contributed by atoms with Gasteiger partial charge < -0.3 is 10.2 Å². The highest BCUT2D eigenvalue weighted by Crippen LogP contribution is 2.35. The Balaban J connectivity index is 1.47. The number of amides is 1. The van der Waals surface area contributed by atoms with E-state index >= 15 is 0 Å². The highest BCUT2D eigenvalue weighted by molar-refractivity contribution is 7.89. The van der Waals surface area contributed by atoms with Gasteiger partial charge in [0.25, 0.3) is 5.91 Å². The quantitative estimate of drug-likeness (QED) is 0.456. The number of aryl methyl sites for hydroxylation is 1. The zero-order valence-corrected chi connectivity index (χ0v) is 20.9. The van der Waals surface area contributed by atoms with E-state index < -0.39 is 10.0 Å². The van der Waals surface area contributed by atoms with Crippen LogP contribution < -0.4 is 14.9 Å². The van der Waals surface area contributed by atoms with E-state index in [1.807, 2.05) is 18.2 Å². The van der Waals surface area contributed by atoms with Gasteiger partial charge >= 0.3 is 0 Å². The van der Waals surface area contributed by atoms with Gasteiger partial charge in [0.2, 0.25) is 10.0 Å². The number of benzene rings is 3. The van der Waals surface area contributed by atoms with E-state index in [0.717, 1.165) is 50.8 Å². The van der Waals surface area contributed by atoms with Crippen molar-refractivity contribution in [1.29, 1.82) is 0 Å². The fraction of sp³-hybridized carbons (Fsp3) is 0.296. The van der Waals surface area contributed by atoms with Crippen LogP contribution in [0.3, 0.4) is 0 Å². The third kappa shape index (κ3) is 5.22. The third-order valence-corrected chi connectivity index (χ3v) is 8.44. The molecule has 2 N–H and O–H groups in total. The van der Waals surface area contributed by atoms with E-state index in [9.17, 15) is 13.2 Å². The van der Waals surface area contributed by atoms with Crippen LogP contribution in [-0.2, 0) is 16.4 Å². The summed E-state index contributed by atoms with van der Waals surface area (Å²) in [4.78, 5) is 15.1. The van der Waals surface area contributed by atoms with E-state index in [1.165, 1.54) is 5.56 Å². The van der Waals surface area contributed by atoms with Gasteiger partial charge in [0, 0.05) is 35.4 Å². The monoisotopic (exact) mass is 509 g/mol. The molecular weight excluding hydrogens is 482 g/mol.